The zero-order chi connectivity index (χ0) is 65.8. The van der Waals surface area contributed by atoms with Crippen molar-refractivity contribution in [1.29, 1.82) is 0 Å². The van der Waals surface area contributed by atoms with Crippen molar-refractivity contribution >= 4 is 87.2 Å². The zero-order valence-corrected chi connectivity index (χ0v) is 54.3. The van der Waals surface area contributed by atoms with Gasteiger partial charge in [0.05, 0.1) is 55.5 Å². The van der Waals surface area contributed by atoms with Gasteiger partial charge in [0.25, 0.3) is 0 Å². The van der Waals surface area contributed by atoms with E-state index in [4.69, 9.17) is 9.97 Å². The van der Waals surface area contributed by atoms with Gasteiger partial charge >= 0.3 is 0 Å². The summed E-state index contributed by atoms with van der Waals surface area (Å²) in [7, 11) is 0. The largest absolute Gasteiger partial charge is 0.309 e. The summed E-state index contributed by atoms with van der Waals surface area (Å²) in [5.41, 5.74) is 27.6. The van der Waals surface area contributed by atoms with E-state index in [0.717, 1.165) is 84.0 Å². The second-order valence-corrected chi connectivity index (χ2v) is 26.1. The number of nitrogens with zero attached hydrogens (tertiary/aromatic N) is 6. The minimum absolute atomic E-state index is 0.665. The molecule has 0 unspecified atom stereocenters. The lowest BCUT2D eigenvalue weighted by Crippen LogP contribution is -1.98. The predicted molar refractivity (Wildman–Crippen MR) is 417 cm³/mol. The average Bonchev–Trinajstić information content (AvgIpc) is 1.60. The van der Waals surface area contributed by atoms with Crippen LogP contribution >= 0.6 is 0 Å². The van der Waals surface area contributed by atoms with Gasteiger partial charge in [0.1, 0.15) is 0 Å². The highest BCUT2D eigenvalue weighted by atomic mass is 15.0. The van der Waals surface area contributed by atoms with Crippen molar-refractivity contribution in [3.63, 3.8) is 0 Å². The molecule has 0 atom stereocenters. The van der Waals surface area contributed by atoms with Crippen LogP contribution in [-0.4, -0.2) is 28.2 Å². The second kappa shape index (κ2) is 23.2. The minimum Gasteiger partial charge on any atom is -0.309 e. The fourth-order valence-electron chi connectivity index (χ4n) is 15.6. The third-order valence-electron chi connectivity index (χ3n) is 20.4. The summed E-state index contributed by atoms with van der Waals surface area (Å²) in [6, 6.07) is 132. The molecule has 6 nitrogen and oxygen atoms in total. The van der Waals surface area contributed by atoms with Crippen LogP contribution in [0.1, 0.15) is 0 Å². The maximum Gasteiger partial charge on any atom is 0.160 e. The zero-order valence-electron chi connectivity index (χ0n) is 54.3. The Hall–Kier alpha value is -13.4. The number of rotatable bonds is 11. The Morgan fingerprint density at radius 1 is 0.150 bits per heavy atom. The molecule has 0 bridgehead atoms. The Balaban J connectivity index is 0.696. The fraction of sp³-hybridized carbons (Fsp3) is 0. The van der Waals surface area contributed by atoms with Gasteiger partial charge in [-0.05, 0) is 160 Å². The average molecular weight is 1270 g/mol. The maximum atomic E-state index is 5.36. The van der Waals surface area contributed by atoms with E-state index in [9.17, 15) is 0 Å². The number of hydrogen-bond acceptors (Lipinski definition) is 2. The molecule has 6 heteroatoms. The van der Waals surface area contributed by atoms with Gasteiger partial charge in [0.2, 0.25) is 0 Å². The van der Waals surface area contributed by atoms with Crippen LogP contribution < -0.4 is 0 Å². The molecule has 0 saturated heterocycles. The van der Waals surface area contributed by atoms with Crippen LogP contribution in [0.25, 0.3) is 188 Å². The van der Waals surface area contributed by atoms with Crippen molar-refractivity contribution in [2.45, 2.75) is 0 Å². The molecule has 0 spiro atoms. The van der Waals surface area contributed by atoms with Gasteiger partial charge in [-0.1, -0.05) is 249 Å². The first-order valence-corrected chi connectivity index (χ1v) is 34.2. The molecular weight excluding hydrogens is 1210 g/mol. The van der Waals surface area contributed by atoms with Crippen LogP contribution in [0.3, 0.4) is 0 Å². The first-order chi connectivity index (χ1) is 49.6. The van der Waals surface area contributed by atoms with E-state index in [1.165, 1.54) is 98.5 Å². The molecule has 20 aromatic rings. The monoisotopic (exact) mass is 1270 g/mol. The van der Waals surface area contributed by atoms with Crippen molar-refractivity contribution in [3.05, 3.63) is 364 Å². The summed E-state index contributed by atoms with van der Waals surface area (Å²) in [5, 5.41) is 9.70. The summed E-state index contributed by atoms with van der Waals surface area (Å²) in [4.78, 5) is 10.7. The molecule has 0 amide bonds. The molecule has 0 aliphatic carbocycles. The van der Waals surface area contributed by atoms with Crippen LogP contribution in [0.5, 0.6) is 0 Å². The first-order valence-electron chi connectivity index (χ1n) is 34.2. The van der Waals surface area contributed by atoms with Crippen molar-refractivity contribution in [2.24, 2.45) is 0 Å². The molecule has 5 heterocycles. The van der Waals surface area contributed by atoms with E-state index in [-0.39, 0.29) is 0 Å². The molecule has 0 fully saturated rings. The van der Waals surface area contributed by atoms with E-state index in [1.54, 1.807) is 0 Å². The fourth-order valence-corrected chi connectivity index (χ4v) is 15.6. The Labute approximate surface area is 577 Å². The summed E-state index contributed by atoms with van der Waals surface area (Å²) in [6.07, 6.45) is 0. The number of hydrogen-bond donors (Lipinski definition) is 0. The van der Waals surface area contributed by atoms with Crippen molar-refractivity contribution in [2.75, 3.05) is 0 Å². The van der Waals surface area contributed by atoms with E-state index < -0.39 is 0 Å². The van der Waals surface area contributed by atoms with Gasteiger partial charge in [-0.3, -0.25) is 0 Å². The van der Waals surface area contributed by atoms with Crippen LogP contribution in [-0.2, 0) is 0 Å². The smallest absolute Gasteiger partial charge is 0.160 e. The topological polar surface area (TPSA) is 45.5 Å². The lowest BCUT2D eigenvalue weighted by atomic mass is 10.0. The summed E-state index contributed by atoms with van der Waals surface area (Å²) < 4.78 is 9.64. The lowest BCUT2D eigenvalue weighted by Gasteiger charge is -2.13. The molecule has 0 aliphatic heterocycles. The molecule has 100 heavy (non-hydrogen) atoms. The maximum absolute atomic E-state index is 5.36. The summed E-state index contributed by atoms with van der Waals surface area (Å²) in [6.45, 7) is 0. The Morgan fingerprint density at radius 3 is 0.790 bits per heavy atom. The van der Waals surface area contributed by atoms with E-state index in [1.807, 2.05) is 6.07 Å². The van der Waals surface area contributed by atoms with E-state index >= 15 is 0 Å². The van der Waals surface area contributed by atoms with Gasteiger partial charge in [0.15, 0.2) is 5.82 Å². The second-order valence-electron chi connectivity index (χ2n) is 26.1. The predicted octanol–water partition coefficient (Wildman–Crippen LogP) is 24.5. The summed E-state index contributed by atoms with van der Waals surface area (Å²) in [5.74, 6) is 0.665. The van der Waals surface area contributed by atoms with Crippen LogP contribution in [0.2, 0.25) is 0 Å². The quantitative estimate of drug-likeness (QED) is 0.130. The van der Waals surface area contributed by atoms with Crippen molar-refractivity contribution in [3.8, 4) is 101 Å². The van der Waals surface area contributed by atoms with E-state index in [2.05, 4.69) is 376 Å². The van der Waals surface area contributed by atoms with Gasteiger partial charge in [-0.15, -0.1) is 0 Å². The van der Waals surface area contributed by atoms with Crippen molar-refractivity contribution in [1.82, 2.24) is 28.2 Å². The highest BCUT2D eigenvalue weighted by Gasteiger charge is 2.22. The van der Waals surface area contributed by atoms with Gasteiger partial charge < -0.3 is 18.3 Å². The molecule has 466 valence electrons. The van der Waals surface area contributed by atoms with E-state index in [0.29, 0.717) is 5.82 Å². The minimum atomic E-state index is 0.665. The SMILES string of the molecule is c1ccc(-c2ccc3c4ccc(-c5ccc6c(c5)c5ccccc5n6-c5ccccc5)cc4n(-c4ccc(-c5cc(-c6ccc(-n7c8cc(-c9ccccc9)ccc8c8ccc(-c9ccc%10c(c9)c9ccccc9n%10-c9ccccc9)cc87)cc6)nc(-c6ccccc6)n5)cc4)c3c2)cc1. The van der Waals surface area contributed by atoms with Gasteiger partial charge in [0, 0.05) is 82.5 Å². The number of fused-ring (bicyclic) bond motifs is 12. The Kier molecular flexibility index (Phi) is 13.2. The molecule has 5 aromatic heterocycles. The number of aromatic nitrogens is 6. The lowest BCUT2D eigenvalue weighted by molar-refractivity contribution is 1.16. The van der Waals surface area contributed by atoms with Crippen LogP contribution in [0, 0.1) is 0 Å². The van der Waals surface area contributed by atoms with Crippen molar-refractivity contribution < 1.29 is 0 Å². The van der Waals surface area contributed by atoms with Gasteiger partial charge in [-0.2, -0.15) is 0 Å². The molecule has 20 rings (SSSR count). The third kappa shape index (κ3) is 9.41. The molecule has 15 aromatic carbocycles. The number of para-hydroxylation sites is 4. The molecule has 0 saturated carbocycles. The molecular formula is C94H60N6. The summed E-state index contributed by atoms with van der Waals surface area (Å²) >= 11 is 0. The van der Waals surface area contributed by atoms with Gasteiger partial charge in [-0.25, -0.2) is 9.97 Å². The normalized spacial score (nSPS) is 11.8. The molecule has 0 radical (unpaired) electrons. The first kappa shape index (κ1) is 56.9. The Morgan fingerprint density at radius 2 is 0.410 bits per heavy atom. The number of benzene rings is 15. The highest BCUT2D eigenvalue weighted by Crippen LogP contribution is 2.43. The molecule has 0 aliphatic rings. The van der Waals surface area contributed by atoms with Crippen LogP contribution in [0.4, 0.5) is 0 Å². The highest BCUT2D eigenvalue weighted by molar-refractivity contribution is 6.15. The standard InChI is InChI=1S/C94H60N6/c1-6-20-61(21-7-1)68-38-48-78-80-50-40-70(66-42-52-88-82(54-66)76-30-16-18-32-86(76)97(88)72-26-12-4-13-27-72)58-92(80)99(90(78)56-68)74-44-34-63(35-45-74)84-60-85(96-94(95-84)65-24-10-3-11-25-65)64-36-46-75(47-37-64)100-91-57-69(62-22-8-2-9-23-62)39-49-79(91)81-51-41-71(59-93(81)100)67-43-53-89-83(55-67)77-31-17-19-33-87(77)98(89)73-28-14-5-15-29-73/h1-60H. The molecule has 0 N–H and O–H groups in total. The van der Waals surface area contributed by atoms with Crippen LogP contribution in [0.15, 0.2) is 364 Å². The Bertz CT molecular complexity index is 6200. The third-order valence-corrected chi connectivity index (χ3v) is 20.4.